The molecular formula is C8H15N2O5. The number of nitrogens with two attached hydrogens (primary N) is 1. The lowest BCUT2D eigenvalue weighted by molar-refractivity contribution is -0.127. The smallest absolute Gasteiger partial charge is 0.237 e. The molecule has 0 rings (SSSR count). The summed E-state index contributed by atoms with van der Waals surface area (Å²) in [5.41, 5.74) is 3.31. The third-order valence-electron chi connectivity index (χ3n) is 2.00. The molecule has 2 amide bonds. The van der Waals surface area contributed by atoms with Crippen molar-refractivity contribution in [2.75, 3.05) is 19.8 Å². The van der Waals surface area contributed by atoms with Gasteiger partial charge in [-0.2, -0.15) is 0 Å². The Bertz CT molecular complexity index is 231. The van der Waals surface area contributed by atoms with E-state index in [1.165, 1.54) is 6.92 Å². The van der Waals surface area contributed by atoms with E-state index in [4.69, 9.17) is 21.1 Å². The lowest BCUT2D eigenvalue weighted by Crippen LogP contribution is -2.58. The van der Waals surface area contributed by atoms with E-state index < -0.39 is 37.2 Å². The van der Waals surface area contributed by atoms with E-state index in [2.05, 4.69) is 5.32 Å². The topological polar surface area (TPSA) is 133 Å². The molecule has 7 heteroatoms. The maximum atomic E-state index is 11.3. The third-order valence-corrected chi connectivity index (χ3v) is 2.00. The summed E-state index contributed by atoms with van der Waals surface area (Å²) < 4.78 is 0. The van der Waals surface area contributed by atoms with Gasteiger partial charge in [0.25, 0.3) is 0 Å². The van der Waals surface area contributed by atoms with Crippen molar-refractivity contribution in [1.29, 1.82) is 0 Å². The molecule has 15 heavy (non-hydrogen) atoms. The van der Waals surface area contributed by atoms with E-state index in [1.807, 2.05) is 0 Å². The van der Waals surface area contributed by atoms with Gasteiger partial charge < -0.3 is 26.4 Å². The summed E-state index contributed by atoms with van der Waals surface area (Å²) in [7, 11) is 0. The molecule has 0 spiro atoms. The maximum Gasteiger partial charge on any atom is 0.237 e. The van der Waals surface area contributed by atoms with E-state index in [-0.39, 0.29) is 5.92 Å². The zero-order chi connectivity index (χ0) is 12.1. The van der Waals surface area contributed by atoms with Crippen molar-refractivity contribution in [3.05, 3.63) is 5.92 Å². The summed E-state index contributed by atoms with van der Waals surface area (Å²) in [6, 6.07) is 0. The minimum Gasteiger partial charge on any atom is -0.394 e. The van der Waals surface area contributed by atoms with Gasteiger partial charge in [-0.3, -0.25) is 9.59 Å². The zero-order valence-electron chi connectivity index (χ0n) is 8.36. The molecule has 0 aromatic rings. The SMILES string of the molecule is C[C](C(N)=O)C(=O)NC(CO)(CO)CO. The number of aliphatic hydroxyl groups is 3. The predicted octanol–water partition coefficient (Wildman–Crippen LogP) is -3.10. The molecule has 0 unspecified atom stereocenters. The Labute approximate surface area is 86.9 Å². The van der Waals surface area contributed by atoms with Crippen molar-refractivity contribution in [1.82, 2.24) is 5.32 Å². The summed E-state index contributed by atoms with van der Waals surface area (Å²) in [4.78, 5) is 21.9. The molecule has 0 bridgehead atoms. The van der Waals surface area contributed by atoms with Crippen LogP contribution in [-0.2, 0) is 9.59 Å². The molecule has 0 aromatic heterocycles. The van der Waals surface area contributed by atoms with Crippen LogP contribution in [0.1, 0.15) is 6.92 Å². The average molecular weight is 219 g/mol. The number of nitrogens with one attached hydrogen (secondary N) is 1. The van der Waals surface area contributed by atoms with Crippen molar-refractivity contribution >= 4 is 11.8 Å². The number of rotatable bonds is 6. The van der Waals surface area contributed by atoms with Crippen LogP contribution in [0.2, 0.25) is 0 Å². The van der Waals surface area contributed by atoms with Gasteiger partial charge in [-0.15, -0.1) is 0 Å². The highest BCUT2D eigenvalue weighted by atomic mass is 16.3. The standard InChI is InChI=1S/C8H15N2O5/c1-5(6(9)14)7(15)10-8(2-11,3-12)4-13/h11-13H,2-4H2,1H3,(H2,9,14)(H,10,15). The summed E-state index contributed by atoms with van der Waals surface area (Å²) in [6.45, 7) is -0.762. The van der Waals surface area contributed by atoms with Crippen LogP contribution < -0.4 is 11.1 Å². The second kappa shape index (κ2) is 5.64. The highest BCUT2D eigenvalue weighted by Crippen LogP contribution is 2.05. The van der Waals surface area contributed by atoms with Crippen molar-refractivity contribution < 1.29 is 24.9 Å². The summed E-state index contributed by atoms with van der Waals surface area (Å²) in [5, 5.41) is 28.8. The van der Waals surface area contributed by atoms with Crippen LogP contribution in [0.3, 0.4) is 0 Å². The van der Waals surface area contributed by atoms with Crippen LogP contribution in [0, 0.1) is 5.92 Å². The number of primary amides is 1. The van der Waals surface area contributed by atoms with E-state index in [9.17, 15) is 9.59 Å². The fourth-order valence-electron chi connectivity index (χ4n) is 0.715. The molecule has 0 fully saturated rings. The molecule has 0 saturated heterocycles. The fourth-order valence-corrected chi connectivity index (χ4v) is 0.715. The van der Waals surface area contributed by atoms with E-state index >= 15 is 0 Å². The second-order valence-electron chi connectivity index (χ2n) is 3.20. The molecule has 0 aliphatic carbocycles. The Morgan fingerprint density at radius 2 is 1.60 bits per heavy atom. The Morgan fingerprint density at radius 3 is 1.87 bits per heavy atom. The molecule has 0 saturated carbocycles. The van der Waals surface area contributed by atoms with Gasteiger partial charge in [0, 0.05) is 0 Å². The molecule has 87 valence electrons. The van der Waals surface area contributed by atoms with E-state index in [0.29, 0.717) is 0 Å². The molecule has 0 aromatic carbocycles. The summed E-state index contributed by atoms with van der Waals surface area (Å²) >= 11 is 0. The molecule has 0 aliphatic rings. The Balaban J connectivity index is 4.55. The van der Waals surface area contributed by atoms with E-state index in [0.717, 1.165) is 0 Å². The highest BCUT2D eigenvalue weighted by Gasteiger charge is 2.33. The number of hydrogen-bond donors (Lipinski definition) is 5. The minimum absolute atomic E-state index is 0.269. The summed E-state index contributed by atoms with van der Waals surface area (Å²) in [5.74, 6) is -2.01. The number of aliphatic hydroxyl groups excluding tert-OH is 3. The largest absolute Gasteiger partial charge is 0.394 e. The summed E-state index contributed by atoms with van der Waals surface area (Å²) in [6.07, 6.45) is 0. The third kappa shape index (κ3) is 3.46. The molecule has 0 heterocycles. The molecule has 7 nitrogen and oxygen atoms in total. The first-order valence-electron chi connectivity index (χ1n) is 4.21. The van der Waals surface area contributed by atoms with Crippen LogP contribution in [0.5, 0.6) is 0 Å². The number of carbonyl (C=O) groups excluding carboxylic acids is 2. The van der Waals surface area contributed by atoms with E-state index in [1.54, 1.807) is 0 Å². The van der Waals surface area contributed by atoms with Gasteiger partial charge >= 0.3 is 0 Å². The van der Waals surface area contributed by atoms with Crippen molar-refractivity contribution in [3.8, 4) is 0 Å². The van der Waals surface area contributed by atoms with Crippen molar-refractivity contribution in [2.45, 2.75) is 12.5 Å². The molecule has 6 N–H and O–H groups in total. The van der Waals surface area contributed by atoms with Crippen LogP contribution in [-0.4, -0.2) is 52.5 Å². The monoisotopic (exact) mass is 219 g/mol. The van der Waals surface area contributed by atoms with Gasteiger partial charge in [0.05, 0.1) is 19.8 Å². The minimum atomic E-state index is -1.55. The van der Waals surface area contributed by atoms with Crippen LogP contribution >= 0.6 is 0 Å². The average Bonchev–Trinajstić information content (AvgIpc) is 2.24. The number of amides is 2. The molecule has 0 atom stereocenters. The predicted molar refractivity (Wildman–Crippen MR) is 50.2 cm³/mol. The lowest BCUT2D eigenvalue weighted by atomic mass is 10.0. The van der Waals surface area contributed by atoms with Gasteiger partial charge in [-0.25, -0.2) is 0 Å². The fraction of sp³-hybridized carbons (Fsp3) is 0.625. The highest BCUT2D eigenvalue weighted by molar-refractivity contribution is 6.13. The Morgan fingerprint density at radius 1 is 1.20 bits per heavy atom. The van der Waals surface area contributed by atoms with Gasteiger partial charge in [-0.1, -0.05) is 0 Å². The normalized spacial score (nSPS) is 11.5. The Hall–Kier alpha value is -1.18. The van der Waals surface area contributed by atoms with Gasteiger partial charge in [0.2, 0.25) is 11.8 Å². The second-order valence-corrected chi connectivity index (χ2v) is 3.20. The molecule has 1 radical (unpaired) electrons. The van der Waals surface area contributed by atoms with Gasteiger partial charge in [-0.05, 0) is 6.92 Å². The lowest BCUT2D eigenvalue weighted by Gasteiger charge is -2.29. The zero-order valence-corrected chi connectivity index (χ0v) is 8.36. The van der Waals surface area contributed by atoms with Crippen molar-refractivity contribution in [2.24, 2.45) is 5.73 Å². The van der Waals surface area contributed by atoms with Crippen LogP contribution in [0.25, 0.3) is 0 Å². The first kappa shape index (κ1) is 13.8. The van der Waals surface area contributed by atoms with Gasteiger partial charge in [0.15, 0.2) is 0 Å². The molecule has 0 aliphatic heterocycles. The van der Waals surface area contributed by atoms with Crippen LogP contribution in [0.4, 0.5) is 0 Å². The van der Waals surface area contributed by atoms with Crippen LogP contribution in [0.15, 0.2) is 0 Å². The number of carbonyl (C=O) groups is 2. The maximum absolute atomic E-state index is 11.3. The molecular weight excluding hydrogens is 204 g/mol. The first-order valence-corrected chi connectivity index (χ1v) is 4.21. The quantitative estimate of drug-likeness (QED) is 0.302. The van der Waals surface area contributed by atoms with Crippen molar-refractivity contribution in [3.63, 3.8) is 0 Å². The first-order chi connectivity index (χ1) is 6.92. The number of hydrogen-bond acceptors (Lipinski definition) is 5. The van der Waals surface area contributed by atoms with Gasteiger partial charge in [0.1, 0.15) is 11.5 Å². The Kier molecular flexibility index (Phi) is 5.20.